The van der Waals surface area contributed by atoms with Gasteiger partial charge in [0.1, 0.15) is 11.1 Å². The summed E-state index contributed by atoms with van der Waals surface area (Å²) in [6.07, 6.45) is 1.46. The molecule has 0 atom stereocenters. The first-order chi connectivity index (χ1) is 6.37. The summed E-state index contributed by atoms with van der Waals surface area (Å²) in [6, 6.07) is 0. The first-order valence-electron chi connectivity index (χ1n) is 4.51. The predicted molar refractivity (Wildman–Crippen MR) is 63.1 cm³/mol. The standard InChI is InChI=1S/C10H14INO2/c1-9(2,3)14-8(13)12-10(4-5-10)6-7-11/h4-5H2,1-3H3,(H,12,13). The van der Waals surface area contributed by atoms with Gasteiger partial charge in [0.2, 0.25) is 0 Å². The molecule has 1 rings (SSSR count). The molecular formula is C10H14INO2. The van der Waals surface area contributed by atoms with Crippen LogP contribution in [0.1, 0.15) is 33.6 Å². The summed E-state index contributed by atoms with van der Waals surface area (Å²) in [5, 5.41) is 2.79. The van der Waals surface area contributed by atoms with Gasteiger partial charge in [0.15, 0.2) is 0 Å². The quantitative estimate of drug-likeness (QED) is 0.597. The van der Waals surface area contributed by atoms with Crippen LogP contribution in [0.5, 0.6) is 0 Å². The fraction of sp³-hybridized carbons (Fsp3) is 0.700. The lowest BCUT2D eigenvalue weighted by atomic mass is 10.2. The highest BCUT2D eigenvalue weighted by molar-refractivity contribution is 14.1. The Morgan fingerprint density at radius 3 is 2.43 bits per heavy atom. The highest BCUT2D eigenvalue weighted by Crippen LogP contribution is 2.34. The summed E-state index contributed by atoms with van der Waals surface area (Å²) in [7, 11) is 0. The second kappa shape index (κ2) is 3.97. The summed E-state index contributed by atoms with van der Waals surface area (Å²) < 4.78 is 7.93. The molecule has 1 aliphatic carbocycles. The molecule has 1 saturated carbocycles. The van der Waals surface area contributed by atoms with Crippen molar-refractivity contribution in [3.8, 4) is 9.85 Å². The van der Waals surface area contributed by atoms with E-state index < -0.39 is 5.60 Å². The third-order valence-electron chi connectivity index (χ3n) is 1.78. The second-order valence-corrected chi connectivity index (χ2v) is 4.97. The van der Waals surface area contributed by atoms with Gasteiger partial charge in [0, 0.05) is 22.6 Å². The molecule has 0 saturated heterocycles. The van der Waals surface area contributed by atoms with Crippen molar-refractivity contribution in [1.29, 1.82) is 0 Å². The van der Waals surface area contributed by atoms with Gasteiger partial charge in [0.25, 0.3) is 0 Å². The Bertz CT molecular complexity index is 291. The van der Waals surface area contributed by atoms with Crippen molar-refractivity contribution in [2.75, 3.05) is 0 Å². The van der Waals surface area contributed by atoms with Gasteiger partial charge in [-0.05, 0) is 37.5 Å². The van der Waals surface area contributed by atoms with Crippen LogP contribution in [-0.4, -0.2) is 17.2 Å². The van der Waals surface area contributed by atoms with E-state index in [1.807, 2.05) is 43.4 Å². The third kappa shape index (κ3) is 3.74. The molecule has 0 unspecified atom stereocenters. The van der Waals surface area contributed by atoms with E-state index in [0.29, 0.717) is 0 Å². The summed E-state index contributed by atoms with van der Waals surface area (Å²) in [5.41, 5.74) is -0.749. The Balaban J connectivity index is 2.44. The van der Waals surface area contributed by atoms with Crippen LogP contribution >= 0.6 is 22.6 Å². The molecule has 1 N–H and O–H groups in total. The summed E-state index contributed by atoms with van der Waals surface area (Å²) in [6.45, 7) is 5.53. The zero-order chi connectivity index (χ0) is 10.8. The average molecular weight is 307 g/mol. The molecule has 1 aliphatic rings. The number of rotatable bonds is 1. The third-order valence-corrected chi connectivity index (χ3v) is 2.05. The zero-order valence-electron chi connectivity index (χ0n) is 8.61. The molecular weight excluding hydrogens is 293 g/mol. The topological polar surface area (TPSA) is 38.3 Å². The van der Waals surface area contributed by atoms with E-state index in [4.69, 9.17) is 4.74 Å². The van der Waals surface area contributed by atoms with Crippen LogP contribution in [0, 0.1) is 9.85 Å². The van der Waals surface area contributed by atoms with E-state index in [1.165, 1.54) is 0 Å². The molecule has 1 fully saturated rings. The predicted octanol–water partition coefficient (Wildman–Crippen LogP) is 2.44. The monoisotopic (exact) mass is 307 g/mol. The van der Waals surface area contributed by atoms with E-state index in [-0.39, 0.29) is 11.6 Å². The lowest BCUT2D eigenvalue weighted by Gasteiger charge is -2.21. The van der Waals surface area contributed by atoms with E-state index in [1.54, 1.807) is 0 Å². The molecule has 4 heteroatoms. The Kier molecular flexibility index (Phi) is 3.30. The smallest absolute Gasteiger partial charge is 0.408 e. The number of hydrogen-bond donors (Lipinski definition) is 1. The normalized spacial score (nSPS) is 17.7. The number of amides is 1. The van der Waals surface area contributed by atoms with E-state index in [2.05, 4.69) is 15.2 Å². The molecule has 0 radical (unpaired) electrons. The van der Waals surface area contributed by atoms with Crippen LogP contribution in [0.2, 0.25) is 0 Å². The van der Waals surface area contributed by atoms with Crippen molar-refractivity contribution in [2.24, 2.45) is 0 Å². The van der Waals surface area contributed by atoms with Crippen LogP contribution in [0.25, 0.3) is 0 Å². The number of carbonyl (C=O) groups is 1. The van der Waals surface area contributed by atoms with Crippen molar-refractivity contribution in [3.63, 3.8) is 0 Å². The van der Waals surface area contributed by atoms with Crippen LogP contribution in [0.4, 0.5) is 4.79 Å². The van der Waals surface area contributed by atoms with Gasteiger partial charge in [0.05, 0.1) is 0 Å². The van der Waals surface area contributed by atoms with Gasteiger partial charge in [-0.25, -0.2) is 4.79 Å². The highest BCUT2D eigenvalue weighted by Gasteiger charge is 2.43. The largest absolute Gasteiger partial charge is 0.444 e. The fourth-order valence-corrected chi connectivity index (χ4v) is 1.51. The molecule has 3 nitrogen and oxygen atoms in total. The number of nitrogens with one attached hydrogen (secondary N) is 1. The molecule has 14 heavy (non-hydrogen) atoms. The van der Waals surface area contributed by atoms with E-state index >= 15 is 0 Å². The number of ether oxygens (including phenoxy) is 1. The van der Waals surface area contributed by atoms with Crippen LogP contribution in [0.3, 0.4) is 0 Å². The molecule has 0 heterocycles. The van der Waals surface area contributed by atoms with Crippen LogP contribution in [0.15, 0.2) is 0 Å². The fourth-order valence-electron chi connectivity index (χ4n) is 0.996. The lowest BCUT2D eigenvalue weighted by Crippen LogP contribution is -2.39. The number of hydrogen-bond acceptors (Lipinski definition) is 2. The highest BCUT2D eigenvalue weighted by atomic mass is 127. The van der Waals surface area contributed by atoms with Crippen molar-refractivity contribution in [1.82, 2.24) is 5.32 Å². The Labute approximate surface area is 98.1 Å². The van der Waals surface area contributed by atoms with Crippen molar-refractivity contribution in [2.45, 2.75) is 44.8 Å². The van der Waals surface area contributed by atoms with E-state index in [0.717, 1.165) is 12.8 Å². The maximum absolute atomic E-state index is 11.4. The number of carbonyl (C=O) groups excluding carboxylic acids is 1. The van der Waals surface area contributed by atoms with Crippen molar-refractivity contribution < 1.29 is 9.53 Å². The molecule has 0 aliphatic heterocycles. The second-order valence-electron chi connectivity index (χ2n) is 4.43. The van der Waals surface area contributed by atoms with Gasteiger partial charge in [-0.3, -0.25) is 0 Å². The van der Waals surface area contributed by atoms with Crippen molar-refractivity contribution in [3.05, 3.63) is 0 Å². The SMILES string of the molecule is CC(C)(C)OC(=O)NC1(C#CI)CC1. The molecule has 0 aromatic heterocycles. The molecule has 78 valence electrons. The van der Waals surface area contributed by atoms with Gasteiger partial charge in [-0.2, -0.15) is 0 Å². The summed E-state index contributed by atoms with van der Waals surface area (Å²) in [4.78, 5) is 11.4. The number of halogens is 1. The average Bonchev–Trinajstić information content (AvgIpc) is 2.64. The Morgan fingerprint density at radius 2 is 2.07 bits per heavy atom. The van der Waals surface area contributed by atoms with Gasteiger partial charge < -0.3 is 10.1 Å². The van der Waals surface area contributed by atoms with Gasteiger partial charge in [-0.15, -0.1) is 0 Å². The summed E-state index contributed by atoms with van der Waals surface area (Å²) in [5.74, 6) is 2.97. The maximum Gasteiger partial charge on any atom is 0.408 e. The minimum absolute atomic E-state index is 0.302. The van der Waals surface area contributed by atoms with Crippen LogP contribution in [-0.2, 0) is 4.74 Å². The lowest BCUT2D eigenvalue weighted by molar-refractivity contribution is 0.0511. The summed E-state index contributed by atoms with van der Waals surface area (Å²) >= 11 is 1.97. The Morgan fingerprint density at radius 1 is 1.50 bits per heavy atom. The molecule has 0 spiro atoms. The van der Waals surface area contributed by atoms with Gasteiger partial charge >= 0.3 is 6.09 Å². The first kappa shape index (κ1) is 11.6. The molecule has 1 amide bonds. The molecule has 0 aromatic rings. The number of alkyl carbamates (subject to hydrolysis) is 1. The van der Waals surface area contributed by atoms with Gasteiger partial charge in [-0.1, -0.05) is 5.92 Å². The molecule has 0 bridgehead atoms. The van der Waals surface area contributed by atoms with E-state index in [9.17, 15) is 4.79 Å². The zero-order valence-corrected chi connectivity index (χ0v) is 10.8. The minimum atomic E-state index is -0.447. The van der Waals surface area contributed by atoms with Crippen molar-refractivity contribution >= 4 is 28.7 Å². The Hall–Kier alpha value is -0.440. The van der Waals surface area contributed by atoms with Crippen LogP contribution < -0.4 is 5.32 Å². The first-order valence-corrected chi connectivity index (χ1v) is 5.59. The minimum Gasteiger partial charge on any atom is -0.444 e. The maximum atomic E-state index is 11.4. The molecule has 0 aromatic carbocycles.